The summed E-state index contributed by atoms with van der Waals surface area (Å²) in [5, 5.41) is 4.97. The van der Waals surface area contributed by atoms with E-state index in [-0.39, 0.29) is 12.4 Å². The molecule has 1 aliphatic heterocycles. The van der Waals surface area contributed by atoms with Gasteiger partial charge in [0.05, 0.1) is 11.3 Å². The Morgan fingerprint density at radius 3 is 2.34 bits per heavy atom. The van der Waals surface area contributed by atoms with Crippen LogP contribution in [0.2, 0.25) is 0 Å². The predicted molar refractivity (Wildman–Crippen MR) is 122 cm³/mol. The first kappa shape index (κ1) is 21.6. The molecule has 3 heterocycles. The van der Waals surface area contributed by atoms with Gasteiger partial charge in [0.1, 0.15) is 5.82 Å². The lowest BCUT2D eigenvalue weighted by atomic mass is 9.94. The molecule has 1 aliphatic rings. The standard InChI is InChI=1S/C23H30N4O.ClH/c1-14-12-15(2)20(16(3)13-14)21-18(5)25-27-22(21)24-17(4)19-8-10-26(23(19)27)9-7-11-28-6;/h12-13H,7-11H2,1-6H3;1H. The van der Waals surface area contributed by atoms with Crippen LogP contribution >= 0.6 is 12.4 Å². The largest absolute Gasteiger partial charge is 0.385 e. The van der Waals surface area contributed by atoms with Gasteiger partial charge in [0, 0.05) is 38.1 Å². The van der Waals surface area contributed by atoms with Crippen LogP contribution in [-0.2, 0) is 11.2 Å². The van der Waals surface area contributed by atoms with Crippen molar-refractivity contribution in [3.05, 3.63) is 45.8 Å². The number of rotatable bonds is 5. The molecule has 0 N–H and O–H groups in total. The van der Waals surface area contributed by atoms with Crippen molar-refractivity contribution in [1.29, 1.82) is 0 Å². The Bertz CT molecular complexity index is 1030. The molecule has 4 rings (SSSR count). The first-order valence-electron chi connectivity index (χ1n) is 10.1. The molecule has 6 heteroatoms. The third-order valence-electron chi connectivity index (χ3n) is 5.85. The normalized spacial score (nSPS) is 13.1. The number of halogens is 1. The number of ether oxygens (including phenoxy) is 1. The quantitative estimate of drug-likeness (QED) is 0.564. The smallest absolute Gasteiger partial charge is 0.165 e. The molecular weight excluding hydrogens is 384 g/mol. The van der Waals surface area contributed by atoms with Crippen LogP contribution in [0.25, 0.3) is 16.8 Å². The van der Waals surface area contributed by atoms with Crippen LogP contribution in [-0.4, -0.2) is 41.4 Å². The lowest BCUT2D eigenvalue weighted by molar-refractivity contribution is 0.196. The highest BCUT2D eigenvalue weighted by atomic mass is 35.5. The van der Waals surface area contributed by atoms with Crippen molar-refractivity contribution in [2.24, 2.45) is 0 Å². The Labute approximate surface area is 179 Å². The summed E-state index contributed by atoms with van der Waals surface area (Å²) in [7, 11) is 1.76. The molecule has 0 bridgehead atoms. The predicted octanol–water partition coefficient (Wildman–Crippen LogP) is 4.76. The molecule has 0 atom stereocenters. The molecule has 0 saturated heterocycles. The zero-order valence-corrected chi connectivity index (χ0v) is 19.1. The zero-order valence-electron chi connectivity index (χ0n) is 18.3. The van der Waals surface area contributed by atoms with Gasteiger partial charge in [-0.3, -0.25) is 0 Å². The molecular formula is C23H31ClN4O. The van der Waals surface area contributed by atoms with Crippen LogP contribution in [0, 0.1) is 34.6 Å². The highest BCUT2D eigenvalue weighted by Crippen LogP contribution is 2.38. The molecule has 0 amide bonds. The van der Waals surface area contributed by atoms with E-state index in [4.69, 9.17) is 14.8 Å². The molecule has 0 radical (unpaired) electrons. The number of anilines is 1. The summed E-state index contributed by atoms with van der Waals surface area (Å²) in [6.07, 6.45) is 2.05. The first-order valence-corrected chi connectivity index (χ1v) is 10.1. The molecule has 3 aromatic rings. The van der Waals surface area contributed by atoms with Crippen LogP contribution in [0.1, 0.15) is 40.1 Å². The van der Waals surface area contributed by atoms with Gasteiger partial charge in [-0.25, -0.2) is 4.98 Å². The van der Waals surface area contributed by atoms with Gasteiger partial charge in [-0.1, -0.05) is 17.7 Å². The zero-order chi connectivity index (χ0) is 20.0. The summed E-state index contributed by atoms with van der Waals surface area (Å²) < 4.78 is 7.35. The minimum absolute atomic E-state index is 0. The van der Waals surface area contributed by atoms with Crippen molar-refractivity contribution in [3.8, 4) is 11.1 Å². The van der Waals surface area contributed by atoms with E-state index in [0.29, 0.717) is 0 Å². The number of methoxy groups -OCH3 is 1. The van der Waals surface area contributed by atoms with Gasteiger partial charge in [-0.15, -0.1) is 12.4 Å². The number of nitrogens with zero attached hydrogens (tertiary/aromatic N) is 4. The Hall–Kier alpha value is -2.11. The van der Waals surface area contributed by atoms with Crippen molar-refractivity contribution >= 4 is 23.9 Å². The molecule has 0 aliphatic carbocycles. The van der Waals surface area contributed by atoms with E-state index in [1.165, 1.54) is 39.2 Å². The minimum atomic E-state index is 0. The molecule has 2 aromatic heterocycles. The number of aromatic nitrogens is 3. The van der Waals surface area contributed by atoms with Gasteiger partial charge < -0.3 is 9.64 Å². The molecule has 29 heavy (non-hydrogen) atoms. The van der Waals surface area contributed by atoms with Crippen molar-refractivity contribution in [2.75, 3.05) is 31.7 Å². The topological polar surface area (TPSA) is 42.7 Å². The fraction of sp³-hybridized carbons (Fsp3) is 0.478. The molecule has 0 saturated carbocycles. The highest BCUT2D eigenvalue weighted by Gasteiger charge is 2.28. The minimum Gasteiger partial charge on any atom is -0.385 e. The van der Waals surface area contributed by atoms with Gasteiger partial charge in [0.25, 0.3) is 0 Å². The third kappa shape index (κ3) is 3.62. The number of benzene rings is 1. The second kappa shape index (κ2) is 8.33. The van der Waals surface area contributed by atoms with Crippen LogP contribution in [0.5, 0.6) is 0 Å². The Morgan fingerprint density at radius 1 is 1.00 bits per heavy atom. The maximum atomic E-state index is 5.26. The van der Waals surface area contributed by atoms with Gasteiger partial charge in [-0.05, 0) is 64.2 Å². The van der Waals surface area contributed by atoms with Gasteiger partial charge in [-0.2, -0.15) is 9.61 Å². The second-order valence-electron chi connectivity index (χ2n) is 8.05. The molecule has 1 aromatic carbocycles. The average molecular weight is 415 g/mol. The van der Waals surface area contributed by atoms with E-state index in [1.807, 2.05) is 0 Å². The first-order chi connectivity index (χ1) is 13.4. The number of hydrogen-bond acceptors (Lipinski definition) is 4. The molecule has 5 nitrogen and oxygen atoms in total. The van der Waals surface area contributed by atoms with E-state index in [2.05, 4.69) is 56.2 Å². The van der Waals surface area contributed by atoms with Crippen molar-refractivity contribution < 1.29 is 4.74 Å². The van der Waals surface area contributed by atoms with Crippen molar-refractivity contribution in [1.82, 2.24) is 14.6 Å². The molecule has 0 unspecified atom stereocenters. The van der Waals surface area contributed by atoms with E-state index in [0.717, 1.165) is 49.6 Å². The average Bonchev–Trinajstić information content (AvgIpc) is 3.17. The summed E-state index contributed by atoms with van der Waals surface area (Å²) in [5.41, 5.74) is 10.8. The Kier molecular flexibility index (Phi) is 6.20. The van der Waals surface area contributed by atoms with E-state index in [1.54, 1.807) is 7.11 Å². The Balaban J connectivity index is 0.00000240. The van der Waals surface area contributed by atoms with Gasteiger partial charge >= 0.3 is 0 Å². The van der Waals surface area contributed by atoms with E-state index < -0.39 is 0 Å². The van der Waals surface area contributed by atoms with Crippen LogP contribution < -0.4 is 4.90 Å². The van der Waals surface area contributed by atoms with Crippen molar-refractivity contribution in [2.45, 2.75) is 47.5 Å². The summed E-state index contributed by atoms with van der Waals surface area (Å²) in [4.78, 5) is 7.47. The summed E-state index contributed by atoms with van der Waals surface area (Å²) in [6, 6.07) is 4.51. The second-order valence-corrected chi connectivity index (χ2v) is 8.05. The van der Waals surface area contributed by atoms with Gasteiger partial charge in [0.2, 0.25) is 0 Å². The summed E-state index contributed by atoms with van der Waals surface area (Å²) in [5.74, 6) is 1.22. The molecule has 156 valence electrons. The molecule has 0 fully saturated rings. The van der Waals surface area contributed by atoms with E-state index >= 15 is 0 Å². The SMILES string of the molecule is COCCCN1CCc2c(C)nc3c(-c4c(C)cc(C)cc4C)c(C)nn3c21.Cl. The lowest BCUT2D eigenvalue weighted by Gasteiger charge is -2.20. The Morgan fingerprint density at radius 2 is 1.69 bits per heavy atom. The van der Waals surface area contributed by atoms with Crippen LogP contribution in [0.3, 0.4) is 0 Å². The fourth-order valence-corrected chi connectivity index (χ4v) is 4.74. The highest BCUT2D eigenvalue weighted by molar-refractivity contribution is 5.86. The summed E-state index contributed by atoms with van der Waals surface area (Å²) >= 11 is 0. The molecule has 0 spiro atoms. The lowest BCUT2D eigenvalue weighted by Crippen LogP contribution is -2.24. The van der Waals surface area contributed by atoms with Crippen LogP contribution in [0.4, 0.5) is 5.82 Å². The fourth-order valence-electron chi connectivity index (χ4n) is 4.74. The van der Waals surface area contributed by atoms with Crippen molar-refractivity contribution in [3.63, 3.8) is 0 Å². The maximum absolute atomic E-state index is 5.26. The number of fused-ring (bicyclic) bond motifs is 3. The number of aryl methyl sites for hydroxylation is 5. The van der Waals surface area contributed by atoms with Crippen LogP contribution in [0.15, 0.2) is 12.1 Å². The maximum Gasteiger partial charge on any atom is 0.165 e. The summed E-state index contributed by atoms with van der Waals surface area (Å²) in [6.45, 7) is 13.6. The monoisotopic (exact) mass is 414 g/mol. The van der Waals surface area contributed by atoms with E-state index in [9.17, 15) is 0 Å². The number of hydrogen-bond donors (Lipinski definition) is 0. The third-order valence-corrected chi connectivity index (χ3v) is 5.85. The van der Waals surface area contributed by atoms with Gasteiger partial charge in [0.15, 0.2) is 5.65 Å².